The molecule has 0 unspecified atom stereocenters. The number of nitrogens with one attached hydrogen (secondary N) is 2. The molecule has 0 aliphatic carbocycles. The van der Waals surface area contributed by atoms with Crippen molar-refractivity contribution in [3.05, 3.63) is 29.8 Å². The summed E-state index contributed by atoms with van der Waals surface area (Å²) >= 11 is 0. The highest BCUT2D eigenvalue weighted by molar-refractivity contribution is 5.95. The van der Waals surface area contributed by atoms with Gasteiger partial charge >= 0.3 is 18.2 Å². The molecule has 0 aliphatic rings. The molecule has 7 nitrogen and oxygen atoms in total. The standard InChI is InChI=1S/C16H19F3N2O5/c1-3-10(2)20-15(24)21-13(22)8-26-14(23)9-25-12-6-4-5-11(7-12)16(17,18)19/h4-7,10H,3,8-9H2,1-2H3,(H2,20,21,22,24)/t10-/m1/s1. The summed E-state index contributed by atoms with van der Waals surface area (Å²) in [5, 5.41) is 4.45. The van der Waals surface area contributed by atoms with Gasteiger partial charge in [0.05, 0.1) is 5.56 Å². The van der Waals surface area contributed by atoms with Crippen LogP contribution in [0.5, 0.6) is 5.75 Å². The second-order valence-electron chi connectivity index (χ2n) is 5.31. The molecule has 0 heterocycles. The summed E-state index contributed by atoms with van der Waals surface area (Å²) in [6, 6.07) is 3.12. The van der Waals surface area contributed by atoms with E-state index in [1.807, 2.05) is 12.2 Å². The van der Waals surface area contributed by atoms with Crippen LogP contribution in [-0.2, 0) is 20.5 Å². The number of alkyl halides is 3. The number of rotatable bonds is 7. The molecule has 0 spiro atoms. The zero-order chi connectivity index (χ0) is 19.7. The minimum atomic E-state index is -4.53. The summed E-state index contributed by atoms with van der Waals surface area (Å²) in [6.45, 7) is 2.18. The third-order valence-electron chi connectivity index (χ3n) is 3.13. The zero-order valence-electron chi connectivity index (χ0n) is 14.2. The molecule has 10 heteroatoms. The molecule has 1 aromatic rings. The molecule has 0 radical (unpaired) electrons. The van der Waals surface area contributed by atoms with Crippen molar-refractivity contribution in [3.8, 4) is 5.75 Å². The molecule has 0 aromatic heterocycles. The number of carbonyl (C=O) groups excluding carboxylic acids is 3. The van der Waals surface area contributed by atoms with Gasteiger partial charge in [0, 0.05) is 6.04 Å². The second-order valence-corrected chi connectivity index (χ2v) is 5.31. The fraction of sp³-hybridized carbons (Fsp3) is 0.438. The van der Waals surface area contributed by atoms with Crippen LogP contribution in [0.15, 0.2) is 24.3 Å². The van der Waals surface area contributed by atoms with Gasteiger partial charge in [0.1, 0.15) is 5.75 Å². The van der Waals surface area contributed by atoms with Gasteiger partial charge in [-0.2, -0.15) is 13.2 Å². The first-order chi connectivity index (χ1) is 12.1. The van der Waals surface area contributed by atoms with Crippen molar-refractivity contribution in [1.82, 2.24) is 10.6 Å². The van der Waals surface area contributed by atoms with Crippen LogP contribution in [0.2, 0.25) is 0 Å². The van der Waals surface area contributed by atoms with Crippen molar-refractivity contribution in [2.45, 2.75) is 32.5 Å². The maximum atomic E-state index is 12.6. The normalized spacial score (nSPS) is 12.0. The zero-order valence-corrected chi connectivity index (χ0v) is 14.2. The molecule has 0 aliphatic heterocycles. The minimum absolute atomic E-state index is 0.133. The van der Waals surface area contributed by atoms with Crippen molar-refractivity contribution < 1.29 is 37.0 Å². The van der Waals surface area contributed by atoms with Crippen LogP contribution in [0.4, 0.5) is 18.0 Å². The van der Waals surface area contributed by atoms with Crippen LogP contribution in [-0.4, -0.2) is 37.2 Å². The highest BCUT2D eigenvalue weighted by Gasteiger charge is 2.30. The third-order valence-corrected chi connectivity index (χ3v) is 3.13. The SMILES string of the molecule is CC[C@@H](C)NC(=O)NC(=O)COC(=O)COc1cccc(C(F)(F)F)c1. The van der Waals surface area contributed by atoms with Crippen molar-refractivity contribution in [1.29, 1.82) is 0 Å². The molecule has 0 fully saturated rings. The van der Waals surface area contributed by atoms with E-state index in [0.29, 0.717) is 6.42 Å². The first-order valence-electron chi connectivity index (χ1n) is 7.67. The largest absolute Gasteiger partial charge is 0.482 e. The predicted octanol–water partition coefficient (Wildman–Crippen LogP) is 2.25. The Morgan fingerprint density at radius 3 is 2.50 bits per heavy atom. The van der Waals surface area contributed by atoms with Crippen LogP contribution < -0.4 is 15.4 Å². The lowest BCUT2D eigenvalue weighted by molar-refractivity contribution is -0.150. The lowest BCUT2D eigenvalue weighted by atomic mass is 10.2. The van der Waals surface area contributed by atoms with Crippen LogP contribution in [0, 0.1) is 0 Å². The molecular weight excluding hydrogens is 357 g/mol. The second kappa shape index (κ2) is 9.64. The summed E-state index contributed by atoms with van der Waals surface area (Å²) in [6.07, 6.45) is -3.86. The first-order valence-corrected chi connectivity index (χ1v) is 7.67. The number of hydrogen-bond donors (Lipinski definition) is 2. The molecule has 1 aromatic carbocycles. The van der Waals surface area contributed by atoms with Gasteiger partial charge in [-0.05, 0) is 31.5 Å². The Balaban J connectivity index is 2.37. The number of esters is 1. The van der Waals surface area contributed by atoms with E-state index < -0.39 is 42.9 Å². The highest BCUT2D eigenvalue weighted by atomic mass is 19.4. The smallest absolute Gasteiger partial charge is 0.416 e. The summed E-state index contributed by atoms with van der Waals surface area (Å²) in [5.41, 5.74) is -0.921. The number of ether oxygens (including phenoxy) is 2. The van der Waals surface area contributed by atoms with Gasteiger partial charge in [0.2, 0.25) is 0 Å². The van der Waals surface area contributed by atoms with E-state index in [-0.39, 0.29) is 11.8 Å². The van der Waals surface area contributed by atoms with E-state index in [0.717, 1.165) is 18.2 Å². The minimum Gasteiger partial charge on any atom is -0.482 e. The number of halogens is 3. The van der Waals surface area contributed by atoms with Gasteiger partial charge in [0.15, 0.2) is 13.2 Å². The Kier molecular flexibility index (Phi) is 7.88. The summed E-state index contributed by atoms with van der Waals surface area (Å²) < 4.78 is 47.1. The highest BCUT2D eigenvalue weighted by Crippen LogP contribution is 2.31. The number of benzene rings is 1. The van der Waals surface area contributed by atoms with Crippen molar-refractivity contribution in [3.63, 3.8) is 0 Å². The molecule has 2 N–H and O–H groups in total. The number of amides is 3. The molecule has 26 heavy (non-hydrogen) atoms. The Labute approximate surface area is 147 Å². The van der Waals surface area contributed by atoms with Crippen LogP contribution in [0.25, 0.3) is 0 Å². The number of hydrogen-bond acceptors (Lipinski definition) is 5. The van der Waals surface area contributed by atoms with Crippen molar-refractivity contribution in [2.75, 3.05) is 13.2 Å². The maximum absolute atomic E-state index is 12.6. The third kappa shape index (κ3) is 7.86. The van der Waals surface area contributed by atoms with Crippen LogP contribution in [0.1, 0.15) is 25.8 Å². The molecule has 1 atom stereocenters. The van der Waals surface area contributed by atoms with E-state index in [2.05, 4.69) is 10.1 Å². The van der Waals surface area contributed by atoms with Gasteiger partial charge in [-0.3, -0.25) is 10.1 Å². The van der Waals surface area contributed by atoms with Crippen LogP contribution >= 0.6 is 0 Å². The van der Waals surface area contributed by atoms with E-state index in [9.17, 15) is 27.6 Å². The van der Waals surface area contributed by atoms with Gasteiger partial charge in [-0.25, -0.2) is 9.59 Å². The number of imide groups is 1. The fourth-order valence-electron chi connectivity index (χ4n) is 1.62. The lowest BCUT2D eigenvalue weighted by Crippen LogP contribution is -2.44. The summed E-state index contributed by atoms with van der Waals surface area (Å²) in [4.78, 5) is 34.3. The van der Waals surface area contributed by atoms with Gasteiger partial charge < -0.3 is 14.8 Å². The molecule has 3 amide bonds. The van der Waals surface area contributed by atoms with Gasteiger partial charge in [-0.15, -0.1) is 0 Å². The van der Waals surface area contributed by atoms with Crippen molar-refractivity contribution >= 4 is 17.9 Å². The molecule has 1 rings (SSSR count). The van der Waals surface area contributed by atoms with Crippen molar-refractivity contribution in [2.24, 2.45) is 0 Å². The molecule has 0 bridgehead atoms. The molecule has 0 saturated carbocycles. The fourth-order valence-corrected chi connectivity index (χ4v) is 1.62. The molecule has 0 saturated heterocycles. The Morgan fingerprint density at radius 2 is 1.88 bits per heavy atom. The van der Waals surface area contributed by atoms with Gasteiger partial charge in [0.25, 0.3) is 5.91 Å². The quantitative estimate of drug-likeness (QED) is 0.712. The van der Waals surface area contributed by atoms with Crippen LogP contribution in [0.3, 0.4) is 0 Å². The average molecular weight is 376 g/mol. The topological polar surface area (TPSA) is 93.7 Å². The van der Waals surface area contributed by atoms with E-state index in [1.54, 1.807) is 6.92 Å². The lowest BCUT2D eigenvalue weighted by Gasteiger charge is -2.12. The maximum Gasteiger partial charge on any atom is 0.416 e. The number of urea groups is 1. The number of carbonyl (C=O) groups is 3. The monoisotopic (exact) mass is 376 g/mol. The van der Waals surface area contributed by atoms with E-state index >= 15 is 0 Å². The van der Waals surface area contributed by atoms with E-state index in [4.69, 9.17) is 4.74 Å². The van der Waals surface area contributed by atoms with E-state index in [1.165, 1.54) is 6.07 Å². The predicted molar refractivity (Wildman–Crippen MR) is 84.3 cm³/mol. The Bertz CT molecular complexity index is 649. The van der Waals surface area contributed by atoms with Gasteiger partial charge in [-0.1, -0.05) is 13.0 Å². The molecule has 144 valence electrons. The first kappa shape index (κ1) is 21.3. The average Bonchev–Trinajstić information content (AvgIpc) is 2.57. The Hall–Kier alpha value is -2.78. The summed E-state index contributed by atoms with van der Waals surface area (Å²) in [7, 11) is 0. The molecular formula is C16H19F3N2O5. The Morgan fingerprint density at radius 1 is 1.19 bits per heavy atom. The summed E-state index contributed by atoms with van der Waals surface area (Å²) in [5.74, 6) is -1.99.